The lowest BCUT2D eigenvalue weighted by Crippen LogP contribution is -2.21. The van der Waals surface area contributed by atoms with E-state index >= 15 is 0 Å². The van der Waals surface area contributed by atoms with E-state index in [0.29, 0.717) is 5.56 Å². The van der Waals surface area contributed by atoms with Gasteiger partial charge in [0.25, 0.3) is 0 Å². The first-order chi connectivity index (χ1) is 8.10. The van der Waals surface area contributed by atoms with E-state index in [0.717, 1.165) is 0 Å². The molecule has 0 saturated carbocycles. The van der Waals surface area contributed by atoms with Crippen LogP contribution in [0, 0.1) is 0 Å². The lowest BCUT2D eigenvalue weighted by molar-refractivity contribution is 0.0241. The second-order valence-corrected chi connectivity index (χ2v) is 3.59. The van der Waals surface area contributed by atoms with Crippen LogP contribution >= 0.6 is 11.6 Å². The second-order valence-electron chi connectivity index (χ2n) is 3.19. The van der Waals surface area contributed by atoms with Gasteiger partial charge in [-0.2, -0.15) is 0 Å². The van der Waals surface area contributed by atoms with Gasteiger partial charge >= 0.3 is 0 Å². The van der Waals surface area contributed by atoms with Crippen molar-refractivity contribution in [1.29, 1.82) is 0 Å². The molecule has 0 bridgehead atoms. The molecule has 1 aromatic rings. The molecule has 1 heterocycles. The van der Waals surface area contributed by atoms with Crippen molar-refractivity contribution in [1.82, 2.24) is 4.98 Å². The zero-order chi connectivity index (χ0) is 12.8. The van der Waals surface area contributed by atoms with E-state index < -0.39 is 12.2 Å². The molecule has 17 heavy (non-hydrogen) atoms. The summed E-state index contributed by atoms with van der Waals surface area (Å²) in [5.74, 6) is 0.229. The van der Waals surface area contributed by atoms with Crippen molar-refractivity contribution < 1.29 is 14.9 Å². The van der Waals surface area contributed by atoms with Gasteiger partial charge in [0.05, 0.1) is 19.8 Å². The molecule has 7 nitrogen and oxygen atoms in total. The van der Waals surface area contributed by atoms with Crippen LogP contribution in [0.1, 0.15) is 11.7 Å². The largest absolute Gasteiger partial charge is 0.480 e. The van der Waals surface area contributed by atoms with Crippen LogP contribution in [0.15, 0.2) is 17.4 Å². The Morgan fingerprint density at radius 1 is 1.65 bits per heavy atom. The van der Waals surface area contributed by atoms with E-state index in [1.54, 1.807) is 0 Å². The molecular formula is C9H11ClN4O3. The van der Waals surface area contributed by atoms with Gasteiger partial charge in [-0.25, -0.2) is 4.98 Å². The van der Waals surface area contributed by atoms with Gasteiger partial charge in [-0.3, -0.25) is 0 Å². The highest BCUT2D eigenvalue weighted by atomic mass is 35.5. The summed E-state index contributed by atoms with van der Waals surface area (Å²) < 4.78 is 4.85. The third kappa shape index (κ3) is 3.47. The first-order valence-corrected chi connectivity index (χ1v) is 5.04. The standard InChI is InChI=1S/C9H11ClN4O3/c1-17-9-6(10)2-5(3-12-9)8(16)7(15)4-13-14-11/h2-3,7-8,15-16H,4H2,1H3. The Bertz CT molecular complexity index is 436. The molecule has 0 aromatic carbocycles. The van der Waals surface area contributed by atoms with Gasteiger partial charge in [0.15, 0.2) is 0 Å². The predicted octanol–water partition coefficient (Wildman–Crippen LogP) is 1.45. The van der Waals surface area contributed by atoms with Crippen LogP contribution in [0.4, 0.5) is 0 Å². The molecule has 0 fully saturated rings. The molecule has 0 aliphatic heterocycles. The molecule has 0 aliphatic rings. The summed E-state index contributed by atoms with van der Waals surface area (Å²) in [6.07, 6.45) is -1.11. The molecule has 2 unspecified atom stereocenters. The molecule has 1 rings (SSSR count). The maximum atomic E-state index is 9.73. The molecule has 1 aromatic heterocycles. The van der Waals surface area contributed by atoms with E-state index in [-0.39, 0.29) is 17.4 Å². The van der Waals surface area contributed by atoms with Crippen molar-refractivity contribution in [2.45, 2.75) is 12.2 Å². The molecule has 8 heteroatoms. The number of aromatic nitrogens is 1. The minimum atomic E-state index is -1.23. The van der Waals surface area contributed by atoms with E-state index in [1.165, 1.54) is 19.4 Å². The lowest BCUT2D eigenvalue weighted by atomic mass is 10.1. The average Bonchev–Trinajstić information content (AvgIpc) is 2.34. The number of pyridine rings is 1. The minimum absolute atomic E-state index is 0.222. The maximum Gasteiger partial charge on any atom is 0.232 e. The topological polar surface area (TPSA) is 111 Å². The van der Waals surface area contributed by atoms with Crippen molar-refractivity contribution in [3.05, 3.63) is 33.3 Å². The normalized spacial score (nSPS) is 13.6. The Kier molecular flexibility index (Phi) is 4.99. The van der Waals surface area contributed by atoms with Gasteiger partial charge in [0, 0.05) is 16.7 Å². The van der Waals surface area contributed by atoms with Crippen molar-refractivity contribution in [2.75, 3.05) is 13.7 Å². The smallest absolute Gasteiger partial charge is 0.232 e. The second kappa shape index (κ2) is 6.27. The van der Waals surface area contributed by atoms with Gasteiger partial charge < -0.3 is 14.9 Å². The fourth-order valence-corrected chi connectivity index (χ4v) is 1.45. The SMILES string of the molecule is COc1ncc(C(O)C(O)CN=[N+]=[N-])cc1Cl. The van der Waals surface area contributed by atoms with E-state index in [4.69, 9.17) is 21.9 Å². The molecule has 0 spiro atoms. The number of aliphatic hydroxyl groups excluding tert-OH is 2. The summed E-state index contributed by atoms with van der Waals surface area (Å²) in [6.45, 7) is -0.235. The summed E-state index contributed by atoms with van der Waals surface area (Å²) in [5.41, 5.74) is 8.41. The highest BCUT2D eigenvalue weighted by molar-refractivity contribution is 6.31. The summed E-state index contributed by atoms with van der Waals surface area (Å²) >= 11 is 5.82. The van der Waals surface area contributed by atoms with Gasteiger partial charge in [-0.1, -0.05) is 16.7 Å². The summed E-state index contributed by atoms with van der Waals surface area (Å²) in [6, 6.07) is 1.43. The Balaban J connectivity index is 2.85. The number of nitrogens with zero attached hydrogens (tertiary/aromatic N) is 4. The number of azide groups is 1. The maximum absolute atomic E-state index is 9.73. The highest BCUT2D eigenvalue weighted by Gasteiger charge is 2.19. The van der Waals surface area contributed by atoms with Crippen molar-refractivity contribution in [3.63, 3.8) is 0 Å². The van der Waals surface area contributed by atoms with Gasteiger partial charge in [0.2, 0.25) is 5.88 Å². The summed E-state index contributed by atoms with van der Waals surface area (Å²) in [5, 5.41) is 22.6. The number of hydrogen-bond acceptors (Lipinski definition) is 5. The van der Waals surface area contributed by atoms with Gasteiger partial charge in [-0.05, 0) is 11.6 Å². The van der Waals surface area contributed by atoms with E-state index in [9.17, 15) is 10.2 Å². The first-order valence-electron chi connectivity index (χ1n) is 4.66. The molecule has 0 amide bonds. The first kappa shape index (κ1) is 13.5. The van der Waals surface area contributed by atoms with E-state index in [2.05, 4.69) is 15.0 Å². The molecular weight excluding hydrogens is 248 g/mol. The molecule has 0 radical (unpaired) electrons. The molecule has 2 atom stereocenters. The average molecular weight is 259 g/mol. The van der Waals surface area contributed by atoms with Crippen LogP contribution in [0.25, 0.3) is 10.4 Å². The molecule has 92 valence electrons. The van der Waals surface area contributed by atoms with E-state index in [1.807, 2.05) is 0 Å². The number of hydrogen-bond donors (Lipinski definition) is 2. The van der Waals surface area contributed by atoms with Crippen LogP contribution in [0.5, 0.6) is 5.88 Å². The van der Waals surface area contributed by atoms with Crippen molar-refractivity contribution >= 4 is 11.6 Å². The van der Waals surface area contributed by atoms with Gasteiger partial charge in [-0.15, -0.1) is 0 Å². The van der Waals surface area contributed by atoms with Gasteiger partial charge in [0.1, 0.15) is 11.1 Å². The Morgan fingerprint density at radius 2 is 2.35 bits per heavy atom. The quantitative estimate of drug-likeness (QED) is 0.473. The van der Waals surface area contributed by atoms with Crippen LogP contribution in [-0.2, 0) is 0 Å². The third-order valence-electron chi connectivity index (χ3n) is 2.06. The Morgan fingerprint density at radius 3 is 2.88 bits per heavy atom. The van der Waals surface area contributed by atoms with Crippen molar-refractivity contribution in [2.24, 2.45) is 5.11 Å². The number of rotatable bonds is 5. The molecule has 0 saturated heterocycles. The summed E-state index contributed by atoms with van der Waals surface area (Å²) in [7, 11) is 1.42. The lowest BCUT2D eigenvalue weighted by Gasteiger charge is -2.16. The highest BCUT2D eigenvalue weighted by Crippen LogP contribution is 2.26. The minimum Gasteiger partial charge on any atom is -0.480 e. The summed E-state index contributed by atoms with van der Waals surface area (Å²) in [4.78, 5) is 6.34. The molecule has 0 aliphatic carbocycles. The number of halogens is 1. The number of aliphatic hydroxyl groups is 2. The monoisotopic (exact) mass is 258 g/mol. The van der Waals surface area contributed by atoms with Crippen LogP contribution in [0.3, 0.4) is 0 Å². The zero-order valence-corrected chi connectivity index (χ0v) is 9.74. The number of methoxy groups -OCH3 is 1. The van der Waals surface area contributed by atoms with Crippen LogP contribution in [0.2, 0.25) is 5.02 Å². The third-order valence-corrected chi connectivity index (χ3v) is 2.33. The number of ether oxygens (including phenoxy) is 1. The Labute approximate surface area is 102 Å². The van der Waals surface area contributed by atoms with Crippen LogP contribution in [-0.4, -0.2) is 35.0 Å². The fraction of sp³-hybridized carbons (Fsp3) is 0.444. The van der Waals surface area contributed by atoms with Crippen molar-refractivity contribution in [3.8, 4) is 5.88 Å². The zero-order valence-electron chi connectivity index (χ0n) is 8.99. The molecule has 2 N–H and O–H groups in total. The fourth-order valence-electron chi connectivity index (χ4n) is 1.19. The Hall–Kier alpha value is -1.53. The van der Waals surface area contributed by atoms with Crippen LogP contribution < -0.4 is 4.74 Å². The predicted molar refractivity (Wildman–Crippen MR) is 60.8 cm³/mol.